The average Bonchev–Trinajstić information content (AvgIpc) is 2.68. The van der Waals surface area contributed by atoms with E-state index < -0.39 is 10.0 Å². The van der Waals surface area contributed by atoms with Crippen LogP contribution in [0, 0.1) is 0 Å². The minimum absolute atomic E-state index is 0.186. The number of carbonyl (C=O) groups excluding carboxylic acids is 1. The van der Waals surface area contributed by atoms with Crippen LogP contribution in [0.1, 0.15) is 48.9 Å². The molecule has 0 saturated carbocycles. The summed E-state index contributed by atoms with van der Waals surface area (Å²) >= 11 is 12.0. The van der Waals surface area contributed by atoms with Crippen LogP contribution in [0.25, 0.3) is 0 Å². The molecular weight excluding hydrogens is 443 g/mol. The molecule has 1 aliphatic carbocycles. The molecule has 0 heterocycles. The van der Waals surface area contributed by atoms with Gasteiger partial charge in [-0.1, -0.05) is 48.3 Å². The maximum Gasteiger partial charge on any atom is 0.241 e. The van der Waals surface area contributed by atoms with E-state index in [9.17, 15) is 13.2 Å². The second kappa shape index (κ2) is 9.58. The van der Waals surface area contributed by atoms with Gasteiger partial charge in [0.1, 0.15) is 6.54 Å². The van der Waals surface area contributed by atoms with Crippen molar-refractivity contribution < 1.29 is 13.2 Å². The van der Waals surface area contributed by atoms with Gasteiger partial charge < -0.3 is 5.32 Å². The van der Waals surface area contributed by atoms with Crippen molar-refractivity contribution in [3.8, 4) is 0 Å². The van der Waals surface area contributed by atoms with Crippen LogP contribution in [0.5, 0.6) is 0 Å². The minimum atomic E-state index is -3.71. The molecule has 162 valence electrons. The van der Waals surface area contributed by atoms with Gasteiger partial charge in [0.15, 0.2) is 0 Å². The molecule has 8 heteroatoms. The van der Waals surface area contributed by atoms with Gasteiger partial charge >= 0.3 is 0 Å². The third kappa shape index (κ3) is 5.68. The van der Waals surface area contributed by atoms with Crippen LogP contribution in [0.4, 0.5) is 5.69 Å². The normalized spacial score (nSPS) is 14.7. The fourth-order valence-corrected chi connectivity index (χ4v) is 5.20. The molecule has 0 radical (unpaired) electrons. The number of benzene rings is 2. The Morgan fingerprint density at radius 2 is 1.70 bits per heavy atom. The lowest BCUT2D eigenvalue weighted by molar-refractivity contribution is -0.120. The second-order valence-electron chi connectivity index (χ2n) is 7.66. The Morgan fingerprint density at radius 1 is 1.07 bits per heavy atom. The highest BCUT2D eigenvalue weighted by atomic mass is 35.5. The summed E-state index contributed by atoms with van der Waals surface area (Å²) in [6, 6.07) is 10.7. The Hall–Kier alpha value is -1.76. The molecule has 0 unspecified atom stereocenters. The maximum atomic E-state index is 12.8. The topological polar surface area (TPSA) is 66.5 Å². The van der Waals surface area contributed by atoms with E-state index in [0.29, 0.717) is 16.5 Å². The number of hydrogen-bond donors (Lipinski definition) is 1. The monoisotopic (exact) mass is 468 g/mol. The van der Waals surface area contributed by atoms with Crippen molar-refractivity contribution in [1.29, 1.82) is 0 Å². The molecule has 1 amide bonds. The minimum Gasteiger partial charge on any atom is -0.348 e. The number of anilines is 1. The summed E-state index contributed by atoms with van der Waals surface area (Å²) in [5, 5.41) is 3.58. The molecule has 5 nitrogen and oxygen atoms in total. The van der Waals surface area contributed by atoms with Crippen molar-refractivity contribution in [3.63, 3.8) is 0 Å². The number of nitrogens with zero attached hydrogens (tertiary/aromatic N) is 1. The fraction of sp³-hybridized carbons (Fsp3) is 0.409. The van der Waals surface area contributed by atoms with Crippen LogP contribution in [-0.2, 0) is 27.7 Å². The number of carbonyl (C=O) groups is 1. The summed E-state index contributed by atoms with van der Waals surface area (Å²) in [7, 11) is -3.71. The average molecular weight is 469 g/mol. The van der Waals surface area contributed by atoms with E-state index in [1.807, 2.05) is 6.92 Å². The van der Waals surface area contributed by atoms with Crippen LogP contribution in [0.2, 0.25) is 10.0 Å². The smallest absolute Gasteiger partial charge is 0.241 e. The third-order valence-corrected chi connectivity index (χ3v) is 6.92. The Balaban J connectivity index is 1.78. The molecule has 0 fully saturated rings. The summed E-state index contributed by atoms with van der Waals surface area (Å²) in [4.78, 5) is 12.8. The Morgan fingerprint density at radius 3 is 2.30 bits per heavy atom. The fourth-order valence-electron chi connectivity index (χ4n) is 3.84. The van der Waals surface area contributed by atoms with Gasteiger partial charge in [0.2, 0.25) is 15.9 Å². The number of aryl methyl sites for hydroxylation is 2. The van der Waals surface area contributed by atoms with Crippen LogP contribution in [0.3, 0.4) is 0 Å². The highest BCUT2D eigenvalue weighted by Crippen LogP contribution is 2.28. The van der Waals surface area contributed by atoms with Crippen molar-refractivity contribution in [2.45, 2.75) is 45.1 Å². The summed E-state index contributed by atoms with van der Waals surface area (Å²) in [5.74, 6) is -0.388. The van der Waals surface area contributed by atoms with Gasteiger partial charge in [-0.05, 0) is 67.0 Å². The molecule has 0 saturated heterocycles. The van der Waals surface area contributed by atoms with Gasteiger partial charge in [0.25, 0.3) is 0 Å². The standard InChI is InChI=1S/C22H26Cl2N2O3S/c1-3-21(17-9-8-15-6-4-5-7-16(15)10-17)25-22(27)14-26(30(2,28)29)20-12-18(23)11-19(24)13-20/h8-13,21H,3-7,14H2,1-2H3,(H,25,27)/t21-/m1/s1. The molecule has 1 atom stereocenters. The van der Waals surface area contributed by atoms with Crippen LogP contribution >= 0.6 is 23.2 Å². The van der Waals surface area contributed by atoms with Crippen molar-refractivity contribution in [2.24, 2.45) is 0 Å². The first-order chi connectivity index (χ1) is 14.2. The van der Waals surface area contributed by atoms with Gasteiger partial charge in [0.05, 0.1) is 18.0 Å². The zero-order chi connectivity index (χ0) is 21.9. The van der Waals surface area contributed by atoms with E-state index in [2.05, 4.69) is 23.5 Å². The number of rotatable bonds is 7. The van der Waals surface area contributed by atoms with Crippen molar-refractivity contribution in [1.82, 2.24) is 5.32 Å². The number of hydrogen-bond acceptors (Lipinski definition) is 3. The van der Waals surface area contributed by atoms with Gasteiger partial charge in [-0.3, -0.25) is 9.10 Å². The van der Waals surface area contributed by atoms with Gasteiger partial charge in [0, 0.05) is 10.0 Å². The van der Waals surface area contributed by atoms with Crippen molar-refractivity contribution >= 4 is 44.8 Å². The zero-order valence-corrected chi connectivity index (χ0v) is 19.4. The van der Waals surface area contributed by atoms with Crippen LogP contribution in [0.15, 0.2) is 36.4 Å². The quantitative estimate of drug-likeness (QED) is 0.627. The summed E-state index contributed by atoms with van der Waals surface area (Å²) in [5.41, 5.74) is 4.03. The zero-order valence-electron chi connectivity index (χ0n) is 17.1. The molecule has 0 aromatic heterocycles. The van der Waals surface area contributed by atoms with E-state index in [-0.39, 0.29) is 24.2 Å². The van der Waals surface area contributed by atoms with E-state index in [4.69, 9.17) is 23.2 Å². The third-order valence-electron chi connectivity index (χ3n) is 5.34. The van der Waals surface area contributed by atoms with E-state index in [1.54, 1.807) is 0 Å². The van der Waals surface area contributed by atoms with Crippen molar-refractivity contribution in [3.05, 3.63) is 63.1 Å². The molecule has 0 spiro atoms. The largest absolute Gasteiger partial charge is 0.348 e. The molecule has 3 rings (SSSR count). The molecule has 2 aromatic rings. The Kier molecular flexibility index (Phi) is 7.32. The van der Waals surface area contributed by atoms with Gasteiger partial charge in [-0.15, -0.1) is 0 Å². The molecule has 0 bridgehead atoms. The predicted octanol–water partition coefficient (Wildman–Crippen LogP) is 4.91. The lowest BCUT2D eigenvalue weighted by Gasteiger charge is -2.25. The molecule has 0 aliphatic heterocycles. The second-order valence-corrected chi connectivity index (χ2v) is 10.4. The van der Waals surface area contributed by atoms with Gasteiger partial charge in [-0.2, -0.15) is 0 Å². The first kappa shape index (κ1) is 22.9. The Bertz CT molecular complexity index is 1020. The first-order valence-electron chi connectivity index (χ1n) is 10.0. The first-order valence-corrected chi connectivity index (χ1v) is 12.6. The van der Waals surface area contributed by atoms with E-state index >= 15 is 0 Å². The van der Waals surface area contributed by atoms with E-state index in [0.717, 1.165) is 29.0 Å². The van der Waals surface area contributed by atoms with Crippen LogP contribution < -0.4 is 9.62 Å². The molecule has 1 aliphatic rings. The van der Waals surface area contributed by atoms with Gasteiger partial charge in [-0.25, -0.2) is 8.42 Å². The highest BCUT2D eigenvalue weighted by Gasteiger charge is 2.23. The lowest BCUT2D eigenvalue weighted by Crippen LogP contribution is -2.41. The highest BCUT2D eigenvalue weighted by molar-refractivity contribution is 7.92. The van der Waals surface area contributed by atoms with Crippen molar-refractivity contribution in [2.75, 3.05) is 17.1 Å². The van der Waals surface area contributed by atoms with Crippen LogP contribution in [-0.4, -0.2) is 27.1 Å². The summed E-state index contributed by atoms with van der Waals surface area (Å²) < 4.78 is 25.7. The molecular formula is C22H26Cl2N2O3S. The number of halogens is 2. The maximum absolute atomic E-state index is 12.8. The summed E-state index contributed by atoms with van der Waals surface area (Å²) in [6.07, 6.45) is 6.32. The lowest BCUT2D eigenvalue weighted by atomic mass is 9.89. The Labute approximate surface area is 188 Å². The summed E-state index contributed by atoms with van der Waals surface area (Å²) in [6.45, 7) is 1.65. The number of fused-ring (bicyclic) bond motifs is 1. The molecule has 2 aromatic carbocycles. The number of amides is 1. The SMILES string of the molecule is CC[C@@H](NC(=O)CN(c1cc(Cl)cc(Cl)c1)S(C)(=O)=O)c1ccc2c(c1)CCCC2. The molecule has 30 heavy (non-hydrogen) atoms. The predicted molar refractivity (Wildman–Crippen MR) is 123 cm³/mol. The number of sulfonamides is 1. The van der Waals surface area contributed by atoms with E-state index in [1.165, 1.54) is 42.2 Å². The number of nitrogens with one attached hydrogen (secondary N) is 1. The molecule has 1 N–H and O–H groups in total.